The fourth-order valence-corrected chi connectivity index (χ4v) is 0.274. The van der Waals surface area contributed by atoms with Gasteiger partial charge in [-0.05, 0) is 0 Å². The summed E-state index contributed by atoms with van der Waals surface area (Å²) in [6.07, 6.45) is -1.02. The zero-order valence-corrected chi connectivity index (χ0v) is 6.38. The summed E-state index contributed by atoms with van der Waals surface area (Å²) in [5.74, 6) is 2.93. The lowest BCUT2D eigenvalue weighted by molar-refractivity contribution is 0.173. The van der Waals surface area contributed by atoms with Crippen LogP contribution in [0.2, 0.25) is 0 Å². The van der Waals surface area contributed by atoms with Gasteiger partial charge >= 0.3 is 6.09 Å². The molecule has 3 nitrogen and oxygen atoms in total. The first-order valence-electron chi connectivity index (χ1n) is 3.02. The lowest BCUT2D eigenvalue weighted by Gasteiger charge is -2.00. The fraction of sp³-hybridized carbons (Fsp3) is 0.571. The highest BCUT2D eigenvalue weighted by molar-refractivity contribution is 5.66. The second-order valence-electron chi connectivity index (χ2n) is 2.25. The van der Waals surface area contributed by atoms with E-state index in [1.54, 1.807) is 0 Å². The second kappa shape index (κ2) is 3.78. The molecular weight excluding hydrogens is 130 g/mol. The number of nitrogens with zero attached hydrogens (tertiary/aromatic N) is 1. The van der Waals surface area contributed by atoms with Crippen molar-refractivity contribution in [3.05, 3.63) is 0 Å². The van der Waals surface area contributed by atoms with E-state index >= 15 is 0 Å². The summed E-state index contributed by atoms with van der Waals surface area (Å²) >= 11 is 0. The van der Waals surface area contributed by atoms with Gasteiger partial charge in [-0.2, -0.15) is 0 Å². The molecule has 0 aliphatic rings. The Morgan fingerprint density at radius 1 is 1.60 bits per heavy atom. The van der Waals surface area contributed by atoms with Crippen molar-refractivity contribution in [2.24, 2.45) is 5.92 Å². The van der Waals surface area contributed by atoms with Crippen molar-refractivity contribution in [2.45, 2.75) is 13.8 Å². The summed E-state index contributed by atoms with van der Waals surface area (Å²) in [5, 5.41) is 8.32. The van der Waals surface area contributed by atoms with Gasteiger partial charge in [-0.25, -0.2) is 9.69 Å². The van der Waals surface area contributed by atoms with E-state index in [-0.39, 0.29) is 5.92 Å². The fourth-order valence-electron chi connectivity index (χ4n) is 0.274. The standard InChI is InChI=1S/C7H11NO2/c1-6(2)4-5-8(3)7(9)10/h6H,1-3H3,(H,9,10). The van der Waals surface area contributed by atoms with Crippen molar-refractivity contribution >= 4 is 6.09 Å². The summed E-state index contributed by atoms with van der Waals surface area (Å²) in [5.41, 5.74) is 0. The average molecular weight is 141 g/mol. The highest BCUT2D eigenvalue weighted by Crippen LogP contribution is 1.87. The van der Waals surface area contributed by atoms with Gasteiger partial charge in [-0.3, -0.25) is 0 Å². The molecule has 0 aliphatic carbocycles. The average Bonchev–Trinajstić information content (AvgIpc) is 1.82. The molecule has 0 aliphatic heterocycles. The van der Waals surface area contributed by atoms with E-state index in [0.29, 0.717) is 0 Å². The Kier molecular flexibility index (Phi) is 3.34. The van der Waals surface area contributed by atoms with Crippen molar-refractivity contribution in [1.29, 1.82) is 0 Å². The third-order valence-electron chi connectivity index (χ3n) is 0.808. The van der Waals surface area contributed by atoms with Crippen LogP contribution in [0.5, 0.6) is 0 Å². The molecule has 0 heterocycles. The van der Waals surface area contributed by atoms with Gasteiger partial charge in [0.05, 0.1) is 0 Å². The number of rotatable bonds is 0. The zero-order chi connectivity index (χ0) is 8.15. The SMILES string of the molecule is CC(C)C#CN(C)C(=O)O. The minimum absolute atomic E-state index is 0.210. The number of carbonyl (C=O) groups is 1. The third-order valence-corrected chi connectivity index (χ3v) is 0.808. The summed E-state index contributed by atoms with van der Waals surface area (Å²) < 4.78 is 0. The van der Waals surface area contributed by atoms with Crippen molar-refractivity contribution in [2.75, 3.05) is 7.05 Å². The Morgan fingerprint density at radius 3 is 2.40 bits per heavy atom. The van der Waals surface area contributed by atoms with Gasteiger partial charge in [0.1, 0.15) is 0 Å². The predicted octanol–water partition coefficient (Wildman–Crippen LogP) is 1.21. The molecule has 0 aromatic heterocycles. The lowest BCUT2D eigenvalue weighted by Crippen LogP contribution is -2.18. The van der Waals surface area contributed by atoms with E-state index in [9.17, 15) is 4.79 Å². The molecule has 0 aromatic carbocycles. The van der Waals surface area contributed by atoms with Crippen LogP contribution in [0.25, 0.3) is 0 Å². The first-order valence-corrected chi connectivity index (χ1v) is 3.02. The molecule has 0 rings (SSSR count). The first-order chi connectivity index (χ1) is 4.54. The van der Waals surface area contributed by atoms with Crippen LogP contribution in [0.1, 0.15) is 13.8 Å². The maximum absolute atomic E-state index is 10.1. The number of carboxylic acid groups (broad SMARTS) is 1. The van der Waals surface area contributed by atoms with E-state index < -0.39 is 6.09 Å². The Bertz CT molecular complexity index is 176. The largest absolute Gasteiger partial charge is 0.464 e. The molecule has 1 amide bonds. The molecule has 3 heteroatoms. The van der Waals surface area contributed by atoms with Crippen molar-refractivity contribution in [3.63, 3.8) is 0 Å². The van der Waals surface area contributed by atoms with Crippen LogP contribution in [-0.2, 0) is 0 Å². The molecule has 0 saturated heterocycles. The summed E-state index contributed by atoms with van der Waals surface area (Å²) in [7, 11) is 1.41. The summed E-state index contributed by atoms with van der Waals surface area (Å²) in [6, 6.07) is 2.47. The van der Waals surface area contributed by atoms with Gasteiger partial charge in [0.15, 0.2) is 0 Å². The molecule has 56 valence electrons. The van der Waals surface area contributed by atoms with Crippen LogP contribution in [-0.4, -0.2) is 23.1 Å². The van der Waals surface area contributed by atoms with Crippen LogP contribution >= 0.6 is 0 Å². The van der Waals surface area contributed by atoms with Crippen molar-refractivity contribution in [3.8, 4) is 12.0 Å². The van der Waals surface area contributed by atoms with E-state index in [4.69, 9.17) is 5.11 Å². The van der Waals surface area contributed by atoms with Gasteiger partial charge < -0.3 is 5.11 Å². The highest BCUT2D eigenvalue weighted by Gasteiger charge is 1.98. The van der Waals surface area contributed by atoms with E-state index in [1.807, 2.05) is 13.8 Å². The third kappa shape index (κ3) is 3.79. The highest BCUT2D eigenvalue weighted by atomic mass is 16.4. The molecule has 0 saturated carbocycles. The summed E-state index contributed by atoms with van der Waals surface area (Å²) in [6.45, 7) is 3.81. The number of amides is 1. The Balaban J connectivity index is 3.92. The quantitative estimate of drug-likeness (QED) is 0.407. The van der Waals surface area contributed by atoms with Gasteiger partial charge in [0, 0.05) is 19.0 Å². The number of hydrogen-bond acceptors (Lipinski definition) is 1. The van der Waals surface area contributed by atoms with Crippen molar-refractivity contribution in [1.82, 2.24) is 4.90 Å². The predicted molar refractivity (Wildman–Crippen MR) is 38.4 cm³/mol. The van der Waals surface area contributed by atoms with Crippen LogP contribution in [0, 0.1) is 17.9 Å². The Labute approximate surface area is 60.6 Å². The lowest BCUT2D eigenvalue weighted by atomic mass is 10.2. The minimum atomic E-state index is -1.02. The van der Waals surface area contributed by atoms with E-state index in [2.05, 4.69) is 12.0 Å². The first kappa shape index (κ1) is 8.83. The second-order valence-corrected chi connectivity index (χ2v) is 2.25. The zero-order valence-electron chi connectivity index (χ0n) is 6.38. The van der Waals surface area contributed by atoms with E-state index in [1.165, 1.54) is 7.05 Å². The molecule has 0 atom stereocenters. The molecule has 0 aromatic rings. The van der Waals surface area contributed by atoms with Crippen LogP contribution < -0.4 is 0 Å². The minimum Gasteiger partial charge on any atom is -0.464 e. The van der Waals surface area contributed by atoms with Crippen molar-refractivity contribution < 1.29 is 9.90 Å². The maximum atomic E-state index is 10.1. The molecule has 0 bridgehead atoms. The number of hydrogen-bond donors (Lipinski definition) is 1. The molecule has 10 heavy (non-hydrogen) atoms. The molecule has 0 radical (unpaired) electrons. The Hall–Kier alpha value is -1.17. The van der Waals surface area contributed by atoms with Gasteiger partial charge in [-0.15, -0.1) is 0 Å². The molecule has 0 unspecified atom stereocenters. The van der Waals surface area contributed by atoms with Gasteiger partial charge in [-0.1, -0.05) is 19.8 Å². The van der Waals surface area contributed by atoms with Gasteiger partial charge in [0.25, 0.3) is 0 Å². The normalized spacial score (nSPS) is 8.40. The molecular formula is C7H11NO2. The maximum Gasteiger partial charge on any atom is 0.418 e. The Morgan fingerprint density at radius 2 is 2.10 bits per heavy atom. The monoisotopic (exact) mass is 141 g/mol. The van der Waals surface area contributed by atoms with E-state index in [0.717, 1.165) is 4.90 Å². The molecule has 0 fully saturated rings. The summed E-state index contributed by atoms with van der Waals surface area (Å²) in [4.78, 5) is 11.1. The van der Waals surface area contributed by atoms with Crippen LogP contribution in [0.3, 0.4) is 0 Å². The van der Waals surface area contributed by atoms with Crippen LogP contribution in [0.4, 0.5) is 4.79 Å². The van der Waals surface area contributed by atoms with Gasteiger partial charge in [0.2, 0.25) is 0 Å². The topological polar surface area (TPSA) is 40.5 Å². The van der Waals surface area contributed by atoms with Crippen LogP contribution in [0.15, 0.2) is 0 Å². The smallest absolute Gasteiger partial charge is 0.418 e. The molecule has 1 N–H and O–H groups in total. The molecule has 0 spiro atoms.